The van der Waals surface area contributed by atoms with Gasteiger partial charge in [0.05, 0.1) is 5.69 Å². The minimum Gasteiger partial charge on any atom is -0.506 e. The molecule has 3 N–H and O–H groups in total. The van der Waals surface area contributed by atoms with Crippen LogP contribution in [-0.2, 0) is 4.79 Å². The van der Waals surface area contributed by atoms with Crippen LogP contribution in [0.3, 0.4) is 0 Å². The van der Waals surface area contributed by atoms with Crippen molar-refractivity contribution in [2.24, 2.45) is 5.92 Å². The van der Waals surface area contributed by atoms with Crippen LogP contribution in [0.25, 0.3) is 0 Å². The summed E-state index contributed by atoms with van der Waals surface area (Å²) in [6.07, 6.45) is 0.980. The largest absolute Gasteiger partial charge is 0.506 e. The molecular weight excluding hydrogens is 373 g/mol. The Morgan fingerprint density at radius 1 is 1.11 bits per heavy atom. The molecular formula is C19H19ClFN3O3. The summed E-state index contributed by atoms with van der Waals surface area (Å²) in [4.78, 5) is 26.3. The smallest absolute Gasteiger partial charge is 0.321 e. The molecule has 142 valence electrons. The van der Waals surface area contributed by atoms with Crippen molar-refractivity contribution in [1.29, 1.82) is 0 Å². The fourth-order valence-corrected chi connectivity index (χ4v) is 3.13. The maximum absolute atomic E-state index is 13.2. The number of urea groups is 1. The Labute approximate surface area is 160 Å². The first-order valence-corrected chi connectivity index (χ1v) is 8.91. The normalized spacial score (nSPS) is 14.7. The van der Waals surface area contributed by atoms with E-state index in [-0.39, 0.29) is 29.3 Å². The van der Waals surface area contributed by atoms with Crippen LogP contribution < -0.4 is 10.6 Å². The number of aromatic hydroxyl groups is 1. The van der Waals surface area contributed by atoms with Crippen molar-refractivity contribution < 1.29 is 19.1 Å². The summed E-state index contributed by atoms with van der Waals surface area (Å²) in [7, 11) is 0. The highest BCUT2D eigenvalue weighted by molar-refractivity contribution is 6.31. The molecule has 1 fully saturated rings. The van der Waals surface area contributed by atoms with Gasteiger partial charge in [-0.3, -0.25) is 4.79 Å². The molecule has 0 radical (unpaired) electrons. The second-order valence-corrected chi connectivity index (χ2v) is 6.79. The van der Waals surface area contributed by atoms with E-state index in [0.717, 1.165) is 0 Å². The molecule has 0 aliphatic carbocycles. The van der Waals surface area contributed by atoms with Gasteiger partial charge in [-0.1, -0.05) is 17.7 Å². The summed E-state index contributed by atoms with van der Waals surface area (Å²) >= 11 is 5.88. The van der Waals surface area contributed by atoms with E-state index in [0.29, 0.717) is 36.6 Å². The van der Waals surface area contributed by atoms with Gasteiger partial charge in [-0.15, -0.1) is 0 Å². The van der Waals surface area contributed by atoms with Gasteiger partial charge in [-0.05, 0) is 49.2 Å². The number of phenolic OH excluding ortho intramolecular Hbond substituents is 1. The number of hydrogen-bond acceptors (Lipinski definition) is 3. The first kappa shape index (κ1) is 19.0. The van der Waals surface area contributed by atoms with E-state index in [9.17, 15) is 19.1 Å². The Bertz CT molecular complexity index is 854. The Morgan fingerprint density at radius 2 is 1.85 bits per heavy atom. The van der Waals surface area contributed by atoms with Gasteiger partial charge in [0, 0.05) is 29.7 Å². The summed E-state index contributed by atoms with van der Waals surface area (Å²) < 4.78 is 13.2. The average Bonchev–Trinajstić information content (AvgIpc) is 2.65. The van der Waals surface area contributed by atoms with Crippen LogP contribution in [0.5, 0.6) is 5.75 Å². The first-order chi connectivity index (χ1) is 12.9. The predicted octanol–water partition coefficient (Wildman–Crippen LogP) is 4.07. The SMILES string of the molecule is O=C(Nc1cc(Cl)ccc1O)C1CCN(C(=O)Nc2cccc(F)c2)CC1. The zero-order valence-electron chi connectivity index (χ0n) is 14.4. The number of carbonyl (C=O) groups excluding carboxylic acids is 2. The van der Waals surface area contributed by atoms with E-state index in [1.165, 1.54) is 36.4 Å². The minimum atomic E-state index is -0.424. The number of amides is 3. The van der Waals surface area contributed by atoms with Crippen LogP contribution in [-0.4, -0.2) is 35.0 Å². The molecule has 1 aliphatic rings. The van der Waals surface area contributed by atoms with Gasteiger partial charge in [0.1, 0.15) is 11.6 Å². The lowest BCUT2D eigenvalue weighted by atomic mass is 9.96. The Morgan fingerprint density at radius 3 is 2.56 bits per heavy atom. The molecule has 0 atom stereocenters. The van der Waals surface area contributed by atoms with Crippen LogP contribution in [0.1, 0.15) is 12.8 Å². The van der Waals surface area contributed by atoms with Crippen molar-refractivity contribution >= 4 is 34.9 Å². The van der Waals surface area contributed by atoms with Crippen molar-refractivity contribution in [3.05, 3.63) is 53.3 Å². The van der Waals surface area contributed by atoms with E-state index >= 15 is 0 Å². The van der Waals surface area contributed by atoms with Crippen LogP contribution in [0.2, 0.25) is 5.02 Å². The molecule has 3 amide bonds. The van der Waals surface area contributed by atoms with Gasteiger partial charge in [0.25, 0.3) is 0 Å². The van der Waals surface area contributed by atoms with Crippen molar-refractivity contribution in [1.82, 2.24) is 4.90 Å². The fraction of sp³-hybridized carbons (Fsp3) is 0.263. The molecule has 0 unspecified atom stereocenters. The van der Waals surface area contributed by atoms with Crippen LogP contribution in [0.15, 0.2) is 42.5 Å². The zero-order chi connectivity index (χ0) is 19.4. The second kappa shape index (κ2) is 8.26. The lowest BCUT2D eigenvalue weighted by Crippen LogP contribution is -2.43. The molecule has 0 aromatic heterocycles. The molecule has 1 heterocycles. The highest BCUT2D eigenvalue weighted by atomic mass is 35.5. The monoisotopic (exact) mass is 391 g/mol. The molecule has 0 saturated carbocycles. The van der Waals surface area contributed by atoms with Crippen molar-refractivity contribution in [2.75, 3.05) is 23.7 Å². The Hall–Kier alpha value is -2.80. The van der Waals surface area contributed by atoms with Crippen molar-refractivity contribution in [2.45, 2.75) is 12.8 Å². The van der Waals surface area contributed by atoms with E-state index in [2.05, 4.69) is 10.6 Å². The Kier molecular flexibility index (Phi) is 5.81. The van der Waals surface area contributed by atoms with Gasteiger partial charge in [-0.25, -0.2) is 9.18 Å². The number of likely N-dealkylation sites (tertiary alicyclic amines) is 1. The Balaban J connectivity index is 1.52. The van der Waals surface area contributed by atoms with Gasteiger partial charge in [0.15, 0.2) is 0 Å². The molecule has 2 aromatic rings. The number of carbonyl (C=O) groups is 2. The summed E-state index contributed by atoms with van der Waals surface area (Å²) in [5.74, 6) is -0.980. The number of halogens is 2. The van der Waals surface area contributed by atoms with Crippen molar-refractivity contribution in [3.8, 4) is 5.75 Å². The highest BCUT2D eigenvalue weighted by Gasteiger charge is 2.28. The average molecular weight is 392 g/mol. The maximum atomic E-state index is 13.2. The molecule has 8 heteroatoms. The first-order valence-electron chi connectivity index (χ1n) is 8.53. The lowest BCUT2D eigenvalue weighted by Gasteiger charge is -2.31. The van der Waals surface area contributed by atoms with Crippen LogP contribution >= 0.6 is 11.6 Å². The summed E-state index contributed by atoms with van der Waals surface area (Å²) in [5, 5.41) is 15.5. The zero-order valence-corrected chi connectivity index (χ0v) is 15.2. The number of benzene rings is 2. The van der Waals surface area contributed by atoms with E-state index in [4.69, 9.17) is 11.6 Å². The molecule has 2 aromatic carbocycles. The summed E-state index contributed by atoms with van der Waals surface area (Å²) in [5.41, 5.74) is 0.648. The lowest BCUT2D eigenvalue weighted by molar-refractivity contribution is -0.121. The number of piperidine rings is 1. The molecule has 27 heavy (non-hydrogen) atoms. The molecule has 1 aliphatic heterocycles. The minimum absolute atomic E-state index is 0.0559. The van der Waals surface area contributed by atoms with Crippen LogP contribution in [0, 0.1) is 11.7 Å². The van der Waals surface area contributed by atoms with Crippen LogP contribution in [0.4, 0.5) is 20.6 Å². The number of anilines is 2. The molecule has 6 nitrogen and oxygen atoms in total. The van der Waals surface area contributed by atoms with Crippen molar-refractivity contribution in [3.63, 3.8) is 0 Å². The van der Waals surface area contributed by atoms with Gasteiger partial charge >= 0.3 is 6.03 Å². The third-order valence-corrected chi connectivity index (χ3v) is 4.68. The second-order valence-electron chi connectivity index (χ2n) is 6.35. The number of nitrogens with zero attached hydrogens (tertiary/aromatic N) is 1. The maximum Gasteiger partial charge on any atom is 0.321 e. The number of rotatable bonds is 3. The number of nitrogens with one attached hydrogen (secondary N) is 2. The third-order valence-electron chi connectivity index (χ3n) is 4.45. The van der Waals surface area contributed by atoms with E-state index in [1.807, 2.05) is 0 Å². The molecule has 3 rings (SSSR count). The third kappa shape index (κ3) is 4.89. The quantitative estimate of drug-likeness (QED) is 0.690. The predicted molar refractivity (Wildman–Crippen MR) is 101 cm³/mol. The standard InChI is InChI=1S/C19H19ClFN3O3/c20-13-4-5-17(25)16(10-13)23-18(26)12-6-8-24(9-7-12)19(27)22-15-3-1-2-14(21)11-15/h1-5,10-12,25H,6-9H2,(H,22,27)(H,23,26). The highest BCUT2D eigenvalue weighted by Crippen LogP contribution is 2.28. The fourth-order valence-electron chi connectivity index (χ4n) is 2.96. The summed E-state index contributed by atoms with van der Waals surface area (Å²) in [6, 6.07) is 9.78. The molecule has 0 spiro atoms. The number of phenols is 1. The van der Waals surface area contributed by atoms with Gasteiger partial charge < -0.3 is 20.6 Å². The topological polar surface area (TPSA) is 81.7 Å². The summed E-state index contributed by atoms with van der Waals surface area (Å²) in [6.45, 7) is 0.807. The van der Waals surface area contributed by atoms with E-state index < -0.39 is 5.82 Å². The van der Waals surface area contributed by atoms with Gasteiger partial charge in [0.2, 0.25) is 5.91 Å². The molecule has 1 saturated heterocycles. The number of hydrogen-bond donors (Lipinski definition) is 3. The molecule has 0 bridgehead atoms. The van der Waals surface area contributed by atoms with Gasteiger partial charge in [-0.2, -0.15) is 0 Å². The van der Waals surface area contributed by atoms with E-state index in [1.54, 1.807) is 11.0 Å².